The van der Waals surface area contributed by atoms with Crippen molar-refractivity contribution in [3.8, 4) is 5.75 Å². The summed E-state index contributed by atoms with van der Waals surface area (Å²) in [5, 5.41) is 2.81. The van der Waals surface area contributed by atoms with Gasteiger partial charge in [0.25, 0.3) is 11.8 Å². The minimum absolute atomic E-state index is 0.0658. The molecule has 2 atom stereocenters. The van der Waals surface area contributed by atoms with Crippen LogP contribution >= 0.6 is 11.9 Å². The van der Waals surface area contributed by atoms with Crippen LogP contribution in [0.5, 0.6) is 5.75 Å². The number of nitrogens with one attached hydrogen (secondary N) is 1. The van der Waals surface area contributed by atoms with E-state index in [0.29, 0.717) is 31.6 Å². The Labute approximate surface area is 259 Å². The monoisotopic (exact) mass is 606 g/mol. The van der Waals surface area contributed by atoms with Gasteiger partial charge in [0.05, 0.1) is 11.6 Å². The van der Waals surface area contributed by atoms with E-state index in [1.165, 1.54) is 18.1 Å². The topological polar surface area (TPSA) is 74.8 Å². The van der Waals surface area contributed by atoms with Crippen LogP contribution in [0.4, 0.5) is 4.39 Å². The second kappa shape index (κ2) is 18.1. The maximum Gasteiger partial charge on any atom is 0.272 e. The fourth-order valence-electron chi connectivity index (χ4n) is 4.68. The number of pyridine rings is 1. The molecule has 1 N–H and O–H groups in total. The molecule has 0 radical (unpaired) electrons. The molecule has 0 aliphatic carbocycles. The number of carbonyl (C=O) groups excluding carboxylic acids is 2. The van der Waals surface area contributed by atoms with Gasteiger partial charge in [-0.15, -0.1) is 0 Å². The minimum atomic E-state index is -1.21. The second-order valence-corrected chi connectivity index (χ2v) is 11.1. The van der Waals surface area contributed by atoms with E-state index in [1.54, 1.807) is 23.1 Å². The highest BCUT2D eigenvalue weighted by Crippen LogP contribution is 2.28. The Kier molecular flexibility index (Phi) is 14.2. The van der Waals surface area contributed by atoms with Crippen molar-refractivity contribution in [3.05, 3.63) is 108 Å². The van der Waals surface area contributed by atoms with Gasteiger partial charge in [0.2, 0.25) is 0 Å². The highest BCUT2D eigenvalue weighted by atomic mass is 32.2. The molecular formula is C34H43FN4O3S. The average Bonchev–Trinajstić information content (AvgIpc) is 3.05. The summed E-state index contributed by atoms with van der Waals surface area (Å²) >= 11 is 1.49. The van der Waals surface area contributed by atoms with Crippen molar-refractivity contribution in [1.29, 1.82) is 0 Å². The molecule has 230 valence electrons. The van der Waals surface area contributed by atoms with E-state index in [0.717, 1.165) is 23.5 Å². The molecule has 2 aromatic rings. The number of carbonyl (C=O) groups is 2. The zero-order valence-corrected chi connectivity index (χ0v) is 26.1. The molecule has 2 amide bonds. The van der Waals surface area contributed by atoms with Crippen molar-refractivity contribution in [2.45, 2.75) is 58.4 Å². The molecule has 1 aromatic heterocycles. The molecule has 0 spiro atoms. The first-order valence-corrected chi connectivity index (χ1v) is 15.7. The van der Waals surface area contributed by atoms with Crippen molar-refractivity contribution < 1.29 is 18.7 Å². The Morgan fingerprint density at radius 3 is 2.44 bits per heavy atom. The number of likely N-dealkylation sites (tertiary alicyclic amines) is 1. The number of para-hydroxylation sites is 1. The molecule has 0 unspecified atom stereocenters. The number of hydrogen-bond donors (Lipinski definition) is 1. The van der Waals surface area contributed by atoms with E-state index < -0.39 is 18.1 Å². The zero-order valence-electron chi connectivity index (χ0n) is 25.3. The number of piperidine rings is 2. The Bertz CT molecular complexity index is 1260. The number of nitrogens with zero attached hydrogens (tertiary/aromatic N) is 3. The molecule has 2 saturated heterocycles. The van der Waals surface area contributed by atoms with Gasteiger partial charge in [0.15, 0.2) is 0 Å². The molecule has 3 heterocycles. The lowest BCUT2D eigenvalue weighted by atomic mass is 10.0. The van der Waals surface area contributed by atoms with Crippen LogP contribution in [0.3, 0.4) is 0 Å². The fraction of sp³-hybridized carbons (Fsp3) is 0.382. The quantitative estimate of drug-likeness (QED) is 0.237. The summed E-state index contributed by atoms with van der Waals surface area (Å²) in [5.41, 5.74) is 0.580. The molecule has 2 aliphatic rings. The molecule has 1 aromatic carbocycles. The summed E-state index contributed by atoms with van der Waals surface area (Å²) < 4.78 is 23.0. The lowest BCUT2D eigenvalue weighted by molar-refractivity contribution is 0.0589. The summed E-state index contributed by atoms with van der Waals surface area (Å²) in [5.74, 6) is 0.265. The molecule has 2 fully saturated rings. The number of hydrogen-bond acceptors (Lipinski definition) is 6. The minimum Gasteiger partial charge on any atom is -0.490 e. The summed E-state index contributed by atoms with van der Waals surface area (Å²) in [7, 11) is 0. The van der Waals surface area contributed by atoms with Crippen LogP contribution in [0.25, 0.3) is 0 Å². The van der Waals surface area contributed by atoms with Crippen LogP contribution in [-0.4, -0.2) is 70.5 Å². The van der Waals surface area contributed by atoms with E-state index in [4.69, 9.17) is 4.74 Å². The standard InChI is InChI=1S/C32H37FN4O3S.C2H6/c1-3-5-12-27(13-6-4-2)41-37-21-18-29(28(33)23-37)35-31(38)24-14-15-30(34-22-24)32(39)36-19-16-26(17-20-36)40-25-10-8-7-9-11-25;1-2/h3-15,22,26,28-29H,1,16-21,23H2,2H3,(H,35,38);1-2H3/b6-4-,12-5-,27-13+;/t28-,29+;/m0./s1. The molecule has 43 heavy (non-hydrogen) atoms. The van der Waals surface area contributed by atoms with Crippen LogP contribution in [0.2, 0.25) is 0 Å². The van der Waals surface area contributed by atoms with E-state index in [-0.39, 0.29) is 24.2 Å². The summed E-state index contributed by atoms with van der Waals surface area (Å²) in [6, 6.07) is 12.2. The smallest absolute Gasteiger partial charge is 0.272 e. The lowest BCUT2D eigenvalue weighted by Gasteiger charge is -2.34. The van der Waals surface area contributed by atoms with Gasteiger partial charge in [-0.2, -0.15) is 0 Å². The Morgan fingerprint density at radius 1 is 1.07 bits per heavy atom. The van der Waals surface area contributed by atoms with Gasteiger partial charge in [0, 0.05) is 50.1 Å². The number of rotatable bonds is 10. The summed E-state index contributed by atoms with van der Waals surface area (Å²) in [6.07, 6.45) is 13.5. The lowest BCUT2D eigenvalue weighted by Crippen LogP contribution is -2.50. The Hall–Kier alpha value is -3.69. The molecular weight excluding hydrogens is 563 g/mol. The molecule has 2 aliphatic heterocycles. The Morgan fingerprint density at radius 2 is 1.81 bits per heavy atom. The van der Waals surface area contributed by atoms with E-state index >= 15 is 4.39 Å². The normalized spacial score (nSPS) is 20.0. The van der Waals surface area contributed by atoms with Gasteiger partial charge in [-0.3, -0.25) is 14.6 Å². The number of benzene rings is 1. The number of ether oxygens (including phenoxy) is 1. The maximum absolute atomic E-state index is 15.0. The number of halogens is 1. The van der Waals surface area contributed by atoms with Crippen LogP contribution in [-0.2, 0) is 0 Å². The largest absolute Gasteiger partial charge is 0.490 e. The first-order chi connectivity index (χ1) is 21.0. The fourth-order valence-corrected chi connectivity index (χ4v) is 5.67. The van der Waals surface area contributed by atoms with Gasteiger partial charge in [-0.1, -0.05) is 62.9 Å². The van der Waals surface area contributed by atoms with Crippen molar-refractivity contribution in [2.75, 3.05) is 26.2 Å². The summed E-state index contributed by atoms with van der Waals surface area (Å²) in [6.45, 7) is 11.6. The molecule has 4 rings (SSSR count). The zero-order chi connectivity index (χ0) is 31.0. The predicted molar refractivity (Wildman–Crippen MR) is 174 cm³/mol. The van der Waals surface area contributed by atoms with Crippen LogP contribution < -0.4 is 10.1 Å². The number of allylic oxidation sites excluding steroid dienone is 6. The van der Waals surface area contributed by atoms with Crippen molar-refractivity contribution in [1.82, 2.24) is 19.5 Å². The molecule has 0 bridgehead atoms. The van der Waals surface area contributed by atoms with Gasteiger partial charge in [0.1, 0.15) is 23.7 Å². The van der Waals surface area contributed by atoms with Crippen molar-refractivity contribution in [2.24, 2.45) is 0 Å². The third kappa shape index (κ3) is 10.5. The van der Waals surface area contributed by atoms with Crippen molar-refractivity contribution in [3.63, 3.8) is 0 Å². The average molecular weight is 607 g/mol. The number of amides is 2. The third-order valence-electron chi connectivity index (χ3n) is 6.92. The van der Waals surface area contributed by atoms with Gasteiger partial charge in [-0.05, 0) is 61.7 Å². The van der Waals surface area contributed by atoms with E-state index in [2.05, 4.69) is 16.9 Å². The van der Waals surface area contributed by atoms with Crippen molar-refractivity contribution >= 4 is 23.8 Å². The summed E-state index contributed by atoms with van der Waals surface area (Å²) in [4.78, 5) is 32.8. The second-order valence-electron chi connectivity index (χ2n) is 9.91. The SMILES string of the molecule is C=C\C=C/C(=C\C=C/C)SN1CC[C@@H](NC(=O)c2ccc(C(=O)N3CCC(Oc4ccccc4)CC3)nc2)[C@@H](F)C1.CC. The van der Waals surface area contributed by atoms with Crippen LogP contribution in [0.15, 0.2) is 96.6 Å². The first-order valence-electron chi connectivity index (χ1n) is 14.9. The third-order valence-corrected chi connectivity index (χ3v) is 8.00. The molecule has 0 saturated carbocycles. The number of alkyl halides is 1. The van der Waals surface area contributed by atoms with E-state index in [9.17, 15) is 9.59 Å². The molecule has 7 nitrogen and oxygen atoms in total. The predicted octanol–water partition coefficient (Wildman–Crippen LogP) is 6.78. The van der Waals surface area contributed by atoms with E-state index in [1.807, 2.05) is 85.8 Å². The Balaban J connectivity index is 0.00000248. The molecule has 9 heteroatoms. The first kappa shape index (κ1) is 33.8. The van der Waals surface area contributed by atoms with Crippen LogP contribution in [0, 0.1) is 0 Å². The van der Waals surface area contributed by atoms with Gasteiger partial charge in [-0.25, -0.2) is 8.70 Å². The van der Waals surface area contributed by atoms with Gasteiger partial charge < -0.3 is 15.0 Å². The van der Waals surface area contributed by atoms with Gasteiger partial charge >= 0.3 is 0 Å². The van der Waals surface area contributed by atoms with Crippen LogP contribution in [0.1, 0.15) is 60.9 Å². The highest BCUT2D eigenvalue weighted by Gasteiger charge is 2.31. The highest BCUT2D eigenvalue weighted by molar-refractivity contribution is 8.01. The number of aromatic nitrogens is 1. The maximum atomic E-state index is 15.0.